The average molecular weight is 337 g/mol. The van der Waals surface area contributed by atoms with Crippen molar-refractivity contribution in [3.63, 3.8) is 0 Å². The van der Waals surface area contributed by atoms with Crippen LogP contribution in [0.15, 0.2) is 39.9 Å². The van der Waals surface area contributed by atoms with Crippen molar-refractivity contribution in [2.45, 2.75) is 20.0 Å². The Morgan fingerprint density at radius 3 is 2.83 bits per heavy atom. The maximum absolute atomic E-state index is 11.4. The molecule has 0 aliphatic heterocycles. The van der Waals surface area contributed by atoms with Gasteiger partial charge in [0.2, 0.25) is 5.76 Å². The lowest BCUT2D eigenvalue weighted by atomic mass is 10.1. The summed E-state index contributed by atoms with van der Waals surface area (Å²) in [6.07, 6.45) is 0.379. The highest BCUT2D eigenvalue weighted by Crippen LogP contribution is 2.17. The lowest BCUT2D eigenvalue weighted by Crippen LogP contribution is -2.15. The lowest BCUT2D eigenvalue weighted by Gasteiger charge is -2.03. The van der Waals surface area contributed by atoms with Gasteiger partial charge in [-0.1, -0.05) is 35.0 Å². The van der Waals surface area contributed by atoms with Crippen LogP contribution in [0, 0.1) is 6.92 Å². The minimum Gasteiger partial charge on any atom is -0.463 e. The van der Waals surface area contributed by atoms with Crippen molar-refractivity contribution in [3.05, 3.63) is 58.0 Å². The minimum absolute atomic E-state index is 0.0566. The van der Waals surface area contributed by atoms with Crippen molar-refractivity contribution in [2.75, 3.05) is 7.11 Å². The largest absolute Gasteiger partial charge is 0.463 e. The molecule has 2 rings (SSSR count). The number of methoxy groups -OCH3 is 1. The maximum atomic E-state index is 11.4. The molecule has 122 valence electrons. The second kappa shape index (κ2) is 7.69. The van der Waals surface area contributed by atoms with Crippen molar-refractivity contribution in [3.8, 4) is 0 Å². The summed E-state index contributed by atoms with van der Waals surface area (Å²) in [5.74, 6) is 0.362. The zero-order chi connectivity index (χ0) is 16.8. The second-order valence-electron chi connectivity index (χ2n) is 4.84. The molecular weight excluding hydrogens is 320 g/mol. The first-order valence-electron chi connectivity index (χ1n) is 6.86. The highest BCUT2D eigenvalue weighted by Gasteiger charge is 2.16. The molecule has 0 radical (unpaired) electrons. The minimum atomic E-state index is -0.532. The van der Waals surface area contributed by atoms with Crippen LogP contribution in [-0.4, -0.2) is 18.9 Å². The Bertz CT molecular complexity index is 725. The van der Waals surface area contributed by atoms with E-state index in [1.54, 1.807) is 19.1 Å². The fraction of sp³-hybridized carbons (Fsp3) is 0.250. The number of carbonyl (C=O) groups excluding carboxylic acids is 1. The molecule has 0 bridgehead atoms. The highest BCUT2D eigenvalue weighted by atomic mass is 35.5. The van der Waals surface area contributed by atoms with E-state index in [2.05, 4.69) is 9.89 Å². The maximum Gasteiger partial charge on any atom is 0.374 e. The van der Waals surface area contributed by atoms with Gasteiger partial charge in [0.25, 0.3) is 0 Å². The van der Waals surface area contributed by atoms with Crippen molar-refractivity contribution in [1.82, 2.24) is 0 Å². The van der Waals surface area contributed by atoms with E-state index >= 15 is 0 Å². The van der Waals surface area contributed by atoms with Crippen molar-refractivity contribution in [1.29, 1.82) is 0 Å². The molecule has 0 aliphatic carbocycles. The van der Waals surface area contributed by atoms with Crippen LogP contribution in [0.3, 0.4) is 0 Å². The summed E-state index contributed by atoms with van der Waals surface area (Å²) in [7, 11) is 1.29. The molecule has 1 heterocycles. The average Bonchev–Trinajstić information content (AvgIpc) is 2.89. The molecule has 0 saturated heterocycles. The molecule has 0 amide bonds. The first kappa shape index (κ1) is 16.9. The van der Waals surface area contributed by atoms with E-state index in [4.69, 9.17) is 26.6 Å². The van der Waals surface area contributed by atoms with Crippen LogP contribution >= 0.6 is 11.6 Å². The zero-order valence-electron chi connectivity index (χ0n) is 12.8. The van der Waals surface area contributed by atoms with E-state index < -0.39 is 5.97 Å². The van der Waals surface area contributed by atoms with Crippen LogP contribution in [0.25, 0.3) is 0 Å². The van der Waals surface area contributed by atoms with Crippen LogP contribution in [-0.2, 0) is 22.6 Å². The number of esters is 1. The molecule has 0 fully saturated rings. The highest BCUT2D eigenvalue weighted by molar-refractivity contribution is 6.31. The number of hydrogen-bond acceptors (Lipinski definition) is 5. The number of carbonyl (C=O) groups is 1. The number of hydrogen-bond donors (Lipinski definition) is 1. The Hall–Kier alpha value is -2.47. The molecule has 2 N–H and O–H groups in total. The number of nitrogens with zero attached hydrogens (tertiary/aromatic N) is 1. The molecule has 2 aromatic rings. The molecular formula is C16H17ClN2O4. The van der Waals surface area contributed by atoms with Gasteiger partial charge < -0.3 is 19.7 Å². The van der Waals surface area contributed by atoms with Crippen LogP contribution in [0.1, 0.15) is 27.4 Å². The van der Waals surface area contributed by atoms with Gasteiger partial charge in [-0.05, 0) is 24.6 Å². The number of rotatable bonds is 6. The Labute approximate surface area is 138 Å². The van der Waals surface area contributed by atoms with Gasteiger partial charge in [-0.2, -0.15) is 0 Å². The summed E-state index contributed by atoms with van der Waals surface area (Å²) < 4.78 is 9.97. The molecule has 0 unspecified atom stereocenters. The number of aryl methyl sites for hydroxylation is 1. The summed E-state index contributed by atoms with van der Waals surface area (Å²) in [6, 6.07) is 9.05. The SMILES string of the molecule is COC(=O)c1oc(CO/N=C(\N)Cc2ccccc2Cl)cc1C. The molecule has 0 spiro atoms. The van der Waals surface area contributed by atoms with Gasteiger partial charge in [-0.15, -0.1) is 0 Å². The molecule has 0 saturated carbocycles. The number of halogens is 1. The quantitative estimate of drug-likeness (QED) is 0.379. The fourth-order valence-electron chi connectivity index (χ4n) is 1.96. The zero-order valence-corrected chi connectivity index (χ0v) is 13.6. The monoisotopic (exact) mass is 336 g/mol. The number of furan rings is 1. The molecule has 0 aliphatic rings. The topological polar surface area (TPSA) is 87.0 Å². The summed E-state index contributed by atoms with van der Waals surface area (Å²) in [5.41, 5.74) is 7.34. The summed E-state index contributed by atoms with van der Waals surface area (Å²) >= 11 is 6.05. The standard InChI is InChI=1S/C16H17ClN2O4/c1-10-7-12(23-15(10)16(20)21-2)9-22-19-14(18)8-11-5-3-4-6-13(11)17/h3-7H,8-9H2,1-2H3,(H2,18,19). The Kier molecular flexibility index (Phi) is 5.65. The number of ether oxygens (including phenoxy) is 1. The van der Waals surface area contributed by atoms with Gasteiger partial charge in [0.15, 0.2) is 6.61 Å². The van der Waals surface area contributed by atoms with Crippen molar-refractivity contribution < 1.29 is 18.8 Å². The van der Waals surface area contributed by atoms with E-state index in [1.165, 1.54) is 7.11 Å². The van der Waals surface area contributed by atoms with Crippen LogP contribution < -0.4 is 5.73 Å². The summed E-state index contributed by atoms with van der Waals surface area (Å²) in [4.78, 5) is 16.6. The number of benzene rings is 1. The van der Waals surface area contributed by atoms with E-state index in [0.29, 0.717) is 22.8 Å². The van der Waals surface area contributed by atoms with Gasteiger partial charge in [0, 0.05) is 17.0 Å². The van der Waals surface area contributed by atoms with Gasteiger partial charge >= 0.3 is 5.97 Å². The third-order valence-corrected chi connectivity index (χ3v) is 3.43. The smallest absolute Gasteiger partial charge is 0.374 e. The third-order valence-electron chi connectivity index (χ3n) is 3.06. The molecule has 6 nitrogen and oxygen atoms in total. The fourth-order valence-corrected chi connectivity index (χ4v) is 2.17. The van der Waals surface area contributed by atoms with Gasteiger partial charge in [0.05, 0.1) is 7.11 Å². The summed E-state index contributed by atoms with van der Waals surface area (Å²) in [6.45, 7) is 1.80. The molecule has 1 aromatic heterocycles. The number of nitrogens with two attached hydrogens (primary N) is 1. The molecule has 23 heavy (non-hydrogen) atoms. The number of oxime groups is 1. The van der Waals surface area contributed by atoms with Crippen LogP contribution in [0.2, 0.25) is 5.02 Å². The van der Waals surface area contributed by atoms with E-state index in [-0.39, 0.29) is 18.2 Å². The van der Waals surface area contributed by atoms with E-state index in [9.17, 15) is 4.79 Å². The van der Waals surface area contributed by atoms with Gasteiger partial charge in [-0.25, -0.2) is 4.79 Å². The second-order valence-corrected chi connectivity index (χ2v) is 5.25. The van der Waals surface area contributed by atoms with Crippen molar-refractivity contribution in [2.24, 2.45) is 10.9 Å². The Morgan fingerprint density at radius 1 is 1.39 bits per heavy atom. The normalized spacial score (nSPS) is 11.3. The molecule has 1 aromatic carbocycles. The first-order chi connectivity index (χ1) is 11.0. The third kappa shape index (κ3) is 4.50. The Morgan fingerprint density at radius 2 is 2.13 bits per heavy atom. The van der Waals surface area contributed by atoms with E-state index in [1.807, 2.05) is 18.2 Å². The van der Waals surface area contributed by atoms with E-state index in [0.717, 1.165) is 5.56 Å². The van der Waals surface area contributed by atoms with Gasteiger partial charge in [0.1, 0.15) is 11.6 Å². The van der Waals surface area contributed by atoms with Crippen LogP contribution in [0.5, 0.6) is 0 Å². The van der Waals surface area contributed by atoms with Crippen molar-refractivity contribution >= 4 is 23.4 Å². The number of amidine groups is 1. The van der Waals surface area contributed by atoms with Gasteiger partial charge in [-0.3, -0.25) is 0 Å². The Balaban J connectivity index is 1.93. The summed E-state index contributed by atoms with van der Waals surface area (Å²) in [5, 5.41) is 4.44. The predicted octanol–water partition coefficient (Wildman–Crippen LogP) is 3.06. The van der Waals surface area contributed by atoms with Crippen LogP contribution in [0.4, 0.5) is 0 Å². The predicted molar refractivity (Wildman–Crippen MR) is 86.4 cm³/mol. The molecule has 0 atom stereocenters. The molecule has 7 heteroatoms. The lowest BCUT2D eigenvalue weighted by molar-refractivity contribution is 0.0552. The first-order valence-corrected chi connectivity index (χ1v) is 7.24.